The topological polar surface area (TPSA) is 53.0 Å². The second kappa shape index (κ2) is 6.27. The molecule has 0 radical (unpaired) electrons. The van der Waals surface area contributed by atoms with E-state index in [1.165, 1.54) is 0 Å². The van der Waals surface area contributed by atoms with Gasteiger partial charge in [0.1, 0.15) is 6.07 Å². The number of hydrogen-bond acceptors (Lipinski definition) is 3. The molecule has 0 heterocycles. The Labute approximate surface area is 120 Å². The summed E-state index contributed by atoms with van der Waals surface area (Å²) in [6, 6.07) is 8.54. The molecule has 1 aliphatic carbocycles. The van der Waals surface area contributed by atoms with E-state index in [2.05, 4.69) is 17.9 Å². The SMILES string of the molecule is CCN(c1cc(Cl)ccc1C#N)C1CCC(N)CC1. The molecule has 102 valence electrons. The van der Waals surface area contributed by atoms with Crippen LogP contribution >= 0.6 is 11.6 Å². The van der Waals surface area contributed by atoms with E-state index in [1.807, 2.05) is 6.07 Å². The number of anilines is 1. The molecule has 2 rings (SSSR count). The predicted octanol–water partition coefficient (Wildman–Crippen LogP) is 3.31. The summed E-state index contributed by atoms with van der Waals surface area (Å²) in [6.45, 7) is 3.01. The number of rotatable bonds is 3. The van der Waals surface area contributed by atoms with Crippen molar-refractivity contribution < 1.29 is 0 Å². The Morgan fingerprint density at radius 1 is 1.37 bits per heavy atom. The van der Waals surface area contributed by atoms with Crippen LogP contribution in [-0.4, -0.2) is 18.6 Å². The van der Waals surface area contributed by atoms with Gasteiger partial charge in [0.2, 0.25) is 0 Å². The van der Waals surface area contributed by atoms with Gasteiger partial charge in [0.05, 0.1) is 11.3 Å². The number of nitrogens with two attached hydrogens (primary N) is 1. The minimum atomic E-state index is 0.338. The first-order valence-electron chi connectivity index (χ1n) is 6.87. The fourth-order valence-corrected chi connectivity index (χ4v) is 3.04. The first kappa shape index (κ1) is 14.2. The van der Waals surface area contributed by atoms with Gasteiger partial charge < -0.3 is 10.6 Å². The minimum absolute atomic E-state index is 0.338. The van der Waals surface area contributed by atoms with Crippen molar-refractivity contribution in [3.63, 3.8) is 0 Å². The van der Waals surface area contributed by atoms with Crippen LogP contribution in [0.3, 0.4) is 0 Å². The molecule has 0 bridgehead atoms. The fraction of sp³-hybridized carbons (Fsp3) is 0.533. The van der Waals surface area contributed by atoms with Crippen LogP contribution in [0.15, 0.2) is 18.2 Å². The largest absolute Gasteiger partial charge is 0.368 e. The van der Waals surface area contributed by atoms with Crippen LogP contribution in [0.5, 0.6) is 0 Å². The molecule has 1 saturated carbocycles. The summed E-state index contributed by atoms with van der Waals surface area (Å²) in [6.07, 6.45) is 4.30. The lowest BCUT2D eigenvalue weighted by molar-refractivity contribution is 0.378. The molecule has 1 fully saturated rings. The molecule has 1 aliphatic rings. The van der Waals surface area contributed by atoms with Gasteiger partial charge in [0, 0.05) is 23.7 Å². The van der Waals surface area contributed by atoms with Crippen LogP contribution in [0.4, 0.5) is 5.69 Å². The molecule has 19 heavy (non-hydrogen) atoms. The third-order valence-electron chi connectivity index (χ3n) is 3.91. The highest BCUT2D eigenvalue weighted by Crippen LogP contribution is 2.31. The second-order valence-electron chi connectivity index (χ2n) is 5.13. The van der Waals surface area contributed by atoms with Gasteiger partial charge in [0.15, 0.2) is 0 Å². The number of nitriles is 1. The number of halogens is 1. The predicted molar refractivity (Wildman–Crippen MR) is 79.4 cm³/mol. The van der Waals surface area contributed by atoms with Gasteiger partial charge in [0.25, 0.3) is 0 Å². The monoisotopic (exact) mass is 277 g/mol. The van der Waals surface area contributed by atoms with Gasteiger partial charge in [-0.05, 0) is 50.8 Å². The second-order valence-corrected chi connectivity index (χ2v) is 5.56. The summed E-state index contributed by atoms with van der Waals surface area (Å²) in [7, 11) is 0. The molecule has 1 aromatic carbocycles. The lowest BCUT2D eigenvalue weighted by atomic mass is 9.90. The zero-order chi connectivity index (χ0) is 13.8. The Bertz CT molecular complexity index is 473. The summed E-state index contributed by atoms with van der Waals surface area (Å²) in [5.74, 6) is 0. The smallest absolute Gasteiger partial charge is 0.101 e. The molecule has 0 spiro atoms. The number of hydrogen-bond donors (Lipinski definition) is 1. The van der Waals surface area contributed by atoms with Crippen molar-refractivity contribution in [2.75, 3.05) is 11.4 Å². The van der Waals surface area contributed by atoms with Crippen molar-refractivity contribution in [3.8, 4) is 6.07 Å². The van der Waals surface area contributed by atoms with E-state index in [4.69, 9.17) is 17.3 Å². The zero-order valence-electron chi connectivity index (χ0n) is 11.3. The average Bonchev–Trinajstić information content (AvgIpc) is 2.42. The van der Waals surface area contributed by atoms with Crippen LogP contribution in [0, 0.1) is 11.3 Å². The van der Waals surface area contributed by atoms with Crippen LogP contribution in [0.25, 0.3) is 0 Å². The number of benzene rings is 1. The lowest BCUT2D eigenvalue weighted by Crippen LogP contribution is -2.41. The normalized spacial score (nSPS) is 22.8. The van der Waals surface area contributed by atoms with Crippen LogP contribution < -0.4 is 10.6 Å². The highest BCUT2D eigenvalue weighted by atomic mass is 35.5. The van der Waals surface area contributed by atoms with Gasteiger partial charge in [-0.1, -0.05) is 11.6 Å². The van der Waals surface area contributed by atoms with Crippen molar-refractivity contribution in [2.24, 2.45) is 5.73 Å². The highest BCUT2D eigenvalue weighted by Gasteiger charge is 2.25. The van der Waals surface area contributed by atoms with E-state index < -0.39 is 0 Å². The Morgan fingerprint density at radius 2 is 2.05 bits per heavy atom. The Morgan fingerprint density at radius 3 is 2.63 bits per heavy atom. The first-order chi connectivity index (χ1) is 9.15. The maximum Gasteiger partial charge on any atom is 0.101 e. The van der Waals surface area contributed by atoms with Crippen molar-refractivity contribution in [3.05, 3.63) is 28.8 Å². The molecular formula is C15H20ClN3. The van der Waals surface area contributed by atoms with Gasteiger partial charge in [-0.2, -0.15) is 5.26 Å². The zero-order valence-corrected chi connectivity index (χ0v) is 12.0. The first-order valence-corrected chi connectivity index (χ1v) is 7.25. The summed E-state index contributed by atoms with van der Waals surface area (Å²) in [5.41, 5.74) is 7.62. The minimum Gasteiger partial charge on any atom is -0.368 e. The molecule has 4 heteroatoms. The average molecular weight is 278 g/mol. The Hall–Kier alpha value is -1.24. The Kier molecular flexibility index (Phi) is 4.68. The summed E-state index contributed by atoms with van der Waals surface area (Å²) >= 11 is 6.08. The third-order valence-corrected chi connectivity index (χ3v) is 4.15. The third kappa shape index (κ3) is 3.20. The van der Waals surface area contributed by atoms with E-state index >= 15 is 0 Å². The molecule has 1 aromatic rings. The standard InChI is InChI=1S/C15H20ClN3/c1-2-19(14-7-5-13(18)6-8-14)15-9-12(16)4-3-11(15)10-17/h3-4,9,13-14H,2,5-8,18H2,1H3. The molecule has 0 saturated heterocycles. The molecule has 0 aliphatic heterocycles. The van der Waals surface area contributed by atoms with E-state index in [1.54, 1.807) is 12.1 Å². The quantitative estimate of drug-likeness (QED) is 0.922. The fourth-order valence-electron chi connectivity index (χ4n) is 2.88. The highest BCUT2D eigenvalue weighted by molar-refractivity contribution is 6.30. The maximum absolute atomic E-state index is 9.25. The van der Waals surface area contributed by atoms with Crippen molar-refractivity contribution in [2.45, 2.75) is 44.7 Å². The summed E-state index contributed by atoms with van der Waals surface area (Å²) < 4.78 is 0. The van der Waals surface area contributed by atoms with Crippen molar-refractivity contribution in [1.29, 1.82) is 5.26 Å². The lowest BCUT2D eigenvalue weighted by Gasteiger charge is -2.37. The van der Waals surface area contributed by atoms with E-state index in [-0.39, 0.29) is 0 Å². The van der Waals surface area contributed by atoms with E-state index in [9.17, 15) is 5.26 Å². The maximum atomic E-state index is 9.25. The number of nitrogens with zero attached hydrogens (tertiary/aromatic N) is 2. The van der Waals surface area contributed by atoms with Crippen LogP contribution in [0.1, 0.15) is 38.2 Å². The van der Waals surface area contributed by atoms with Crippen molar-refractivity contribution in [1.82, 2.24) is 0 Å². The summed E-state index contributed by atoms with van der Waals surface area (Å²) in [5, 5.41) is 9.93. The Balaban J connectivity index is 2.27. The molecule has 0 atom stereocenters. The molecular weight excluding hydrogens is 258 g/mol. The summed E-state index contributed by atoms with van der Waals surface area (Å²) in [4.78, 5) is 2.30. The van der Waals surface area contributed by atoms with E-state index in [0.717, 1.165) is 37.9 Å². The van der Waals surface area contributed by atoms with Gasteiger partial charge in [-0.25, -0.2) is 0 Å². The molecule has 0 unspecified atom stereocenters. The molecule has 2 N–H and O–H groups in total. The molecule has 0 amide bonds. The van der Waals surface area contributed by atoms with Gasteiger partial charge >= 0.3 is 0 Å². The van der Waals surface area contributed by atoms with Crippen LogP contribution in [-0.2, 0) is 0 Å². The molecule has 0 aromatic heterocycles. The van der Waals surface area contributed by atoms with Gasteiger partial charge in [-0.15, -0.1) is 0 Å². The molecule has 3 nitrogen and oxygen atoms in total. The van der Waals surface area contributed by atoms with Crippen LogP contribution in [0.2, 0.25) is 5.02 Å². The van der Waals surface area contributed by atoms with Crippen molar-refractivity contribution >= 4 is 17.3 Å². The van der Waals surface area contributed by atoms with E-state index in [0.29, 0.717) is 22.7 Å². The van der Waals surface area contributed by atoms with Gasteiger partial charge in [-0.3, -0.25) is 0 Å².